The van der Waals surface area contributed by atoms with E-state index in [2.05, 4.69) is 0 Å². The SMILES string of the molecule is Oc1cc(-c2cc(-c3c(O)c(O)c(O)c(O)c3O)cc(O)c2N(c2c(O)c(O)c(O)c(O)c2O)c2ccc3ccc4c(N(c5c(-c6c(O)c(O)c(O)c(O)c6O)cc(-c6c(O)c(O)c(O)c(O)c6O)c(O)c5O)c5c(O)c(O)c(O)c(O)c5O)ccc5ccc2c3c54)c(O)c(O)c1O. The molecule has 34 nitrogen and oxygen atoms in total. The lowest BCUT2D eigenvalue weighted by Gasteiger charge is -2.33. The van der Waals surface area contributed by atoms with E-state index < -0.39 is 263 Å². The Labute approximate surface area is 539 Å². The van der Waals surface area contributed by atoms with Crippen molar-refractivity contribution >= 4 is 66.4 Å². The molecule has 0 aromatic heterocycles. The summed E-state index contributed by atoms with van der Waals surface area (Å²) in [5.41, 5.74) is -14.9. The normalized spacial score (nSPS) is 11.6. The molecular weight excluding hydrogens is 1310 g/mol. The fourth-order valence-corrected chi connectivity index (χ4v) is 11.8. The minimum absolute atomic E-state index is 0.0815. The van der Waals surface area contributed by atoms with Crippen molar-refractivity contribution in [1.82, 2.24) is 0 Å². The van der Waals surface area contributed by atoms with E-state index in [1.165, 1.54) is 36.4 Å². The molecule has 12 rings (SSSR count). The molecule has 0 aliphatic heterocycles. The van der Waals surface area contributed by atoms with Crippen molar-refractivity contribution in [2.75, 3.05) is 9.80 Å². The second-order valence-electron chi connectivity index (χ2n) is 21.7. The molecule has 0 amide bonds. The Balaban J connectivity index is 1.25. The first kappa shape index (κ1) is 63.0. The maximum absolute atomic E-state index is 12.7. The Morgan fingerprint density at radius 3 is 0.867 bits per heavy atom. The van der Waals surface area contributed by atoms with Gasteiger partial charge in [0.2, 0.25) is 97.7 Å². The number of hydrogen-bond donors (Lipinski definition) is 32. The summed E-state index contributed by atoms with van der Waals surface area (Å²) in [4.78, 5) is 0.921. The van der Waals surface area contributed by atoms with Crippen LogP contribution in [0.5, 0.6) is 184 Å². The highest BCUT2D eigenvalue weighted by atomic mass is 16.4. The molecule has 502 valence electrons. The molecule has 0 heterocycles. The van der Waals surface area contributed by atoms with E-state index in [-0.39, 0.29) is 32.3 Å². The second kappa shape index (κ2) is 21.2. The maximum Gasteiger partial charge on any atom is 0.208 e. The molecule has 0 saturated carbocycles. The lowest BCUT2D eigenvalue weighted by atomic mass is 9.89. The van der Waals surface area contributed by atoms with Gasteiger partial charge < -0.3 is 163 Å². The van der Waals surface area contributed by atoms with Crippen molar-refractivity contribution < 1.29 is 163 Å². The predicted octanol–water partition coefficient (Wildman–Crippen LogP) is 8.77. The largest absolute Gasteiger partial charge is 0.506 e. The summed E-state index contributed by atoms with van der Waals surface area (Å²) in [7, 11) is 0. The molecule has 34 heteroatoms. The van der Waals surface area contributed by atoms with Gasteiger partial charge in [0, 0.05) is 33.0 Å². The molecule has 12 aromatic carbocycles. The lowest BCUT2D eigenvalue weighted by molar-refractivity contribution is 0.329. The van der Waals surface area contributed by atoms with E-state index >= 15 is 0 Å². The summed E-state index contributed by atoms with van der Waals surface area (Å²) in [6.45, 7) is 0. The van der Waals surface area contributed by atoms with Gasteiger partial charge in [-0.15, -0.1) is 0 Å². The highest BCUT2D eigenvalue weighted by molar-refractivity contribution is 6.29. The quantitative estimate of drug-likeness (QED) is 0.0345. The van der Waals surface area contributed by atoms with Gasteiger partial charge in [0.1, 0.15) is 22.8 Å². The minimum Gasteiger partial charge on any atom is -0.506 e. The number of phenols is 32. The van der Waals surface area contributed by atoms with Gasteiger partial charge in [-0.3, -0.25) is 9.80 Å². The molecule has 0 atom stereocenters. The Morgan fingerprint density at radius 1 is 0.184 bits per heavy atom. The van der Waals surface area contributed by atoms with Crippen LogP contribution in [0.3, 0.4) is 0 Å². The average molecular weight is 1350 g/mol. The molecule has 12 aromatic rings. The van der Waals surface area contributed by atoms with Crippen molar-refractivity contribution in [3.63, 3.8) is 0 Å². The number of hydrogen-bond acceptors (Lipinski definition) is 34. The van der Waals surface area contributed by atoms with E-state index in [9.17, 15) is 163 Å². The van der Waals surface area contributed by atoms with E-state index in [1.807, 2.05) is 0 Å². The predicted molar refractivity (Wildman–Crippen MR) is 335 cm³/mol. The molecule has 32 N–H and O–H groups in total. The van der Waals surface area contributed by atoms with Crippen molar-refractivity contribution in [2.45, 2.75) is 0 Å². The Morgan fingerprint density at radius 2 is 0.480 bits per heavy atom. The lowest BCUT2D eigenvalue weighted by Crippen LogP contribution is -2.14. The molecule has 0 unspecified atom stereocenters. The maximum atomic E-state index is 12.7. The van der Waals surface area contributed by atoms with Crippen LogP contribution in [0.1, 0.15) is 0 Å². The topological polar surface area (TPSA) is 654 Å². The van der Waals surface area contributed by atoms with Gasteiger partial charge in [0.05, 0.1) is 33.8 Å². The fourth-order valence-electron chi connectivity index (χ4n) is 11.8. The summed E-state index contributed by atoms with van der Waals surface area (Å²) in [6, 6.07) is 11.9. The summed E-state index contributed by atoms with van der Waals surface area (Å²) in [6.07, 6.45) is 0. The van der Waals surface area contributed by atoms with E-state index in [0.717, 1.165) is 18.2 Å². The van der Waals surface area contributed by atoms with Gasteiger partial charge in [0.25, 0.3) is 0 Å². The van der Waals surface area contributed by atoms with Crippen LogP contribution in [0.25, 0.3) is 76.8 Å². The van der Waals surface area contributed by atoms with Crippen molar-refractivity contribution in [1.29, 1.82) is 0 Å². The van der Waals surface area contributed by atoms with Crippen LogP contribution in [0, 0.1) is 0 Å². The zero-order valence-electron chi connectivity index (χ0n) is 48.1. The van der Waals surface area contributed by atoms with Crippen LogP contribution >= 0.6 is 0 Å². The molecule has 0 aliphatic carbocycles. The zero-order chi connectivity index (χ0) is 71.7. The number of nitrogens with zero attached hydrogens (tertiary/aromatic N) is 2. The van der Waals surface area contributed by atoms with E-state index in [0.29, 0.717) is 28.0 Å². The Kier molecular flexibility index (Phi) is 13.7. The number of anilines is 6. The third-order valence-electron chi connectivity index (χ3n) is 16.5. The first-order chi connectivity index (χ1) is 46.0. The van der Waals surface area contributed by atoms with Gasteiger partial charge in [-0.25, -0.2) is 0 Å². The molecule has 0 radical (unpaired) electrons. The van der Waals surface area contributed by atoms with Gasteiger partial charge in [-0.1, -0.05) is 36.4 Å². The molecule has 0 bridgehead atoms. The molecule has 0 fully saturated rings. The highest BCUT2D eigenvalue weighted by Crippen LogP contribution is 2.69. The molecule has 0 aliphatic rings. The molecule has 0 spiro atoms. The number of benzene rings is 12. The third-order valence-corrected chi connectivity index (χ3v) is 16.5. The summed E-state index contributed by atoms with van der Waals surface area (Å²) in [5.74, 6) is -50.2. The monoisotopic (exact) mass is 1350 g/mol. The van der Waals surface area contributed by atoms with E-state index in [4.69, 9.17) is 0 Å². The smallest absolute Gasteiger partial charge is 0.208 e. The molecular formula is C64H44N2O32. The third kappa shape index (κ3) is 8.33. The minimum atomic E-state index is -1.75. The van der Waals surface area contributed by atoms with Crippen LogP contribution < -0.4 is 9.80 Å². The van der Waals surface area contributed by atoms with Gasteiger partial charge in [-0.2, -0.15) is 0 Å². The van der Waals surface area contributed by atoms with Crippen molar-refractivity contribution in [3.8, 4) is 228 Å². The molecule has 98 heavy (non-hydrogen) atoms. The van der Waals surface area contributed by atoms with Crippen LogP contribution in [0.15, 0.2) is 72.8 Å². The number of rotatable bonds is 10. The summed E-state index contributed by atoms with van der Waals surface area (Å²) >= 11 is 0. The Hall–Kier alpha value is -15.1. The summed E-state index contributed by atoms with van der Waals surface area (Å²) < 4.78 is 0. The van der Waals surface area contributed by atoms with Crippen molar-refractivity contribution in [3.05, 3.63) is 72.8 Å². The van der Waals surface area contributed by atoms with Crippen LogP contribution in [-0.4, -0.2) is 163 Å². The number of aromatic hydroxyl groups is 32. The second-order valence-corrected chi connectivity index (χ2v) is 21.7. The fraction of sp³-hybridized carbons (Fsp3) is 0. The number of phenolic OH excluding ortho intramolecular Hbond substituents is 32. The zero-order valence-corrected chi connectivity index (χ0v) is 48.1. The van der Waals surface area contributed by atoms with Crippen LogP contribution in [0.4, 0.5) is 34.1 Å². The summed E-state index contributed by atoms with van der Waals surface area (Å²) in [5, 5.41) is 359. The van der Waals surface area contributed by atoms with Crippen molar-refractivity contribution in [2.24, 2.45) is 0 Å². The van der Waals surface area contributed by atoms with Gasteiger partial charge in [-0.05, 0) is 63.5 Å². The standard InChI is InChI=1S/C64H44N2O32/c67-24-10-15(28-38(72)50(84)60(94)51(85)39(28)73)9-18(19-12-25(68)37(71)49(83)35(19)69)31(24)65(33-45(79)56(90)63(97)57(91)46(33)80)22-7-3-13-2-6-17-23(8-4-14-1-5-16(22)26(13)27(14)17)66(34-47(81)58(92)64(98)59(93)48(34)82)32-20(29-40(74)52(86)61(95)53(87)41(29)75)11-21(36(70)44(32)78)30-42(76)54(88)62(96)55(89)43(30)77/h1-12,67-98H. The van der Waals surface area contributed by atoms with Crippen LogP contribution in [0.2, 0.25) is 0 Å². The average Bonchev–Trinajstić information content (AvgIpc) is 0.711. The van der Waals surface area contributed by atoms with Crippen LogP contribution in [-0.2, 0) is 0 Å². The van der Waals surface area contributed by atoms with Gasteiger partial charge >= 0.3 is 0 Å². The van der Waals surface area contributed by atoms with E-state index in [1.54, 1.807) is 0 Å². The first-order valence-corrected chi connectivity index (χ1v) is 27.2. The Bertz CT molecular complexity index is 5430. The first-order valence-electron chi connectivity index (χ1n) is 27.2. The van der Waals surface area contributed by atoms with Gasteiger partial charge in [0.15, 0.2) is 80.5 Å². The molecule has 0 saturated heterocycles. The highest BCUT2D eigenvalue weighted by Gasteiger charge is 2.41.